The second kappa shape index (κ2) is 8.71. The molecule has 4 rings (SSSR count). The summed E-state index contributed by atoms with van der Waals surface area (Å²) < 4.78 is 10.5. The van der Waals surface area contributed by atoms with E-state index >= 15 is 0 Å². The molecule has 1 saturated heterocycles. The fraction of sp³-hybridized carbons (Fsp3) is 0.409. The number of rotatable bonds is 7. The van der Waals surface area contributed by atoms with Crippen molar-refractivity contribution < 1.29 is 23.6 Å². The zero-order valence-corrected chi connectivity index (χ0v) is 17.5. The van der Waals surface area contributed by atoms with E-state index in [9.17, 15) is 14.4 Å². The van der Waals surface area contributed by atoms with Crippen molar-refractivity contribution in [3.63, 3.8) is 0 Å². The maximum Gasteiger partial charge on any atom is 0.246 e. The lowest BCUT2D eigenvalue weighted by atomic mass is 9.85. The van der Waals surface area contributed by atoms with Gasteiger partial charge in [-0.2, -0.15) is 4.98 Å². The monoisotopic (exact) mass is 424 g/mol. The predicted octanol–water partition coefficient (Wildman–Crippen LogP) is 2.04. The molecular weight excluding hydrogens is 400 g/mol. The summed E-state index contributed by atoms with van der Waals surface area (Å²) in [6, 6.07) is 7.27. The second-order valence-corrected chi connectivity index (χ2v) is 7.73. The Bertz CT molecular complexity index is 1000. The minimum Gasteiger partial charge on any atom is -0.497 e. The van der Waals surface area contributed by atoms with Gasteiger partial charge in [0.15, 0.2) is 0 Å². The molecule has 3 amide bonds. The highest BCUT2D eigenvalue weighted by Crippen LogP contribution is 2.35. The van der Waals surface area contributed by atoms with E-state index in [1.54, 1.807) is 20.2 Å². The number of amides is 3. The summed E-state index contributed by atoms with van der Waals surface area (Å²) in [4.78, 5) is 44.6. The molecule has 1 fully saturated rings. The van der Waals surface area contributed by atoms with Crippen molar-refractivity contribution in [1.29, 1.82) is 0 Å². The largest absolute Gasteiger partial charge is 0.497 e. The molecule has 0 radical (unpaired) electrons. The Hall–Kier alpha value is -3.49. The van der Waals surface area contributed by atoms with Crippen LogP contribution in [-0.2, 0) is 20.9 Å². The number of hydrogen-bond donors (Lipinski definition) is 0. The topological polar surface area (TPSA) is 106 Å². The van der Waals surface area contributed by atoms with Crippen LogP contribution in [0.2, 0.25) is 0 Å². The molecule has 1 aliphatic heterocycles. The maximum absolute atomic E-state index is 12.6. The maximum atomic E-state index is 12.6. The number of imide groups is 1. The van der Waals surface area contributed by atoms with E-state index in [2.05, 4.69) is 10.1 Å². The van der Waals surface area contributed by atoms with Crippen molar-refractivity contribution in [3.05, 3.63) is 42.3 Å². The standard InChI is InChI=1S/C22H24N4O5/c1-25(13-18-23-20(24-31-18)14-6-5-7-15(12-14)30-2)19(27)10-11-26-21(28)16-8-3-4-9-17(16)22(26)29/h3-7,12,16-17H,8-11,13H2,1-2H3/t16-,17+. The highest BCUT2D eigenvalue weighted by Gasteiger charge is 2.46. The summed E-state index contributed by atoms with van der Waals surface area (Å²) >= 11 is 0. The van der Waals surface area contributed by atoms with E-state index in [-0.39, 0.29) is 49.1 Å². The fourth-order valence-electron chi connectivity index (χ4n) is 3.98. The Labute approximate surface area is 179 Å². The minimum absolute atomic E-state index is 0.0533. The molecule has 9 nitrogen and oxygen atoms in total. The van der Waals surface area contributed by atoms with Gasteiger partial charge < -0.3 is 14.2 Å². The van der Waals surface area contributed by atoms with Gasteiger partial charge in [0.05, 0.1) is 25.5 Å². The molecule has 2 atom stereocenters. The fourth-order valence-corrected chi connectivity index (χ4v) is 3.98. The normalized spacial score (nSPS) is 20.1. The van der Waals surface area contributed by atoms with Gasteiger partial charge in [0.25, 0.3) is 0 Å². The smallest absolute Gasteiger partial charge is 0.246 e. The first-order valence-corrected chi connectivity index (χ1v) is 10.2. The molecule has 0 saturated carbocycles. The van der Waals surface area contributed by atoms with Gasteiger partial charge in [-0.3, -0.25) is 19.3 Å². The van der Waals surface area contributed by atoms with Gasteiger partial charge in [-0.1, -0.05) is 29.4 Å². The van der Waals surface area contributed by atoms with Crippen LogP contribution in [0.15, 0.2) is 40.9 Å². The third-order valence-corrected chi connectivity index (χ3v) is 5.74. The van der Waals surface area contributed by atoms with Gasteiger partial charge in [0, 0.05) is 25.6 Å². The molecule has 0 bridgehead atoms. The Morgan fingerprint density at radius 2 is 1.94 bits per heavy atom. The summed E-state index contributed by atoms with van der Waals surface area (Å²) in [5.41, 5.74) is 0.741. The highest BCUT2D eigenvalue weighted by atomic mass is 16.5. The number of carbonyl (C=O) groups excluding carboxylic acids is 3. The quantitative estimate of drug-likeness (QED) is 0.495. The first kappa shape index (κ1) is 20.8. The van der Waals surface area contributed by atoms with E-state index in [0.29, 0.717) is 30.3 Å². The third kappa shape index (κ3) is 4.21. The van der Waals surface area contributed by atoms with Crippen molar-refractivity contribution >= 4 is 17.7 Å². The molecular formula is C22H24N4O5. The first-order valence-electron chi connectivity index (χ1n) is 10.2. The molecule has 0 spiro atoms. The van der Waals surface area contributed by atoms with E-state index < -0.39 is 0 Å². The Morgan fingerprint density at radius 1 is 1.23 bits per heavy atom. The number of nitrogens with zero attached hydrogens (tertiary/aromatic N) is 4. The van der Waals surface area contributed by atoms with E-state index in [0.717, 1.165) is 5.56 Å². The molecule has 2 aromatic rings. The van der Waals surface area contributed by atoms with Gasteiger partial charge in [0.1, 0.15) is 5.75 Å². The summed E-state index contributed by atoms with van der Waals surface area (Å²) in [5.74, 6) is 0.257. The number of ether oxygens (including phenoxy) is 1. The van der Waals surface area contributed by atoms with Crippen LogP contribution in [0.3, 0.4) is 0 Å². The summed E-state index contributed by atoms with van der Waals surface area (Å²) in [7, 11) is 3.20. The number of hydrogen-bond acceptors (Lipinski definition) is 7. The Morgan fingerprint density at radius 3 is 2.61 bits per heavy atom. The van der Waals surface area contributed by atoms with Crippen LogP contribution in [0.1, 0.15) is 25.2 Å². The number of carbonyl (C=O) groups is 3. The number of benzene rings is 1. The van der Waals surface area contributed by atoms with Crippen molar-refractivity contribution in [2.75, 3.05) is 20.7 Å². The van der Waals surface area contributed by atoms with Crippen LogP contribution in [0.4, 0.5) is 0 Å². The Balaban J connectivity index is 1.33. The Kier molecular flexibility index (Phi) is 5.83. The van der Waals surface area contributed by atoms with Gasteiger partial charge in [-0.15, -0.1) is 0 Å². The van der Waals surface area contributed by atoms with Gasteiger partial charge in [-0.25, -0.2) is 0 Å². The van der Waals surface area contributed by atoms with E-state index in [1.165, 1.54) is 9.80 Å². The molecule has 2 heterocycles. The van der Waals surface area contributed by atoms with Crippen LogP contribution < -0.4 is 4.74 Å². The second-order valence-electron chi connectivity index (χ2n) is 7.73. The number of fused-ring (bicyclic) bond motifs is 1. The number of likely N-dealkylation sites (tertiary alicyclic amines) is 1. The lowest BCUT2D eigenvalue weighted by molar-refractivity contribution is -0.140. The average molecular weight is 424 g/mol. The van der Waals surface area contributed by atoms with Crippen molar-refractivity contribution in [2.45, 2.75) is 25.8 Å². The molecule has 1 aromatic heterocycles. The zero-order valence-electron chi connectivity index (χ0n) is 17.5. The van der Waals surface area contributed by atoms with Gasteiger partial charge in [-0.05, 0) is 25.0 Å². The highest BCUT2D eigenvalue weighted by molar-refractivity contribution is 6.05. The molecule has 31 heavy (non-hydrogen) atoms. The molecule has 2 aliphatic rings. The van der Waals surface area contributed by atoms with Crippen LogP contribution in [0.5, 0.6) is 5.75 Å². The van der Waals surface area contributed by atoms with Crippen molar-refractivity contribution in [2.24, 2.45) is 11.8 Å². The predicted molar refractivity (Wildman–Crippen MR) is 109 cm³/mol. The van der Waals surface area contributed by atoms with Gasteiger partial charge >= 0.3 is 0 Å². The van der Waals surface area contributed by atoms with Crippen LogP contribution >= 0.6 is 0 Å². The third-order valence-electron chi connectivity index (χ3n) is 5.74. The van der Waals surface area contributed by atoms with Crippen molar-refractivity contribution in [1.82, 2.24) is 19.9 Å². The lowest BCUT2D eigenvalue weighted by Crippen LogP contribution is -2.36. The number of allylic oxidation sites excluding steroid dienone is 2. The van der Waals surface area contributed by atoms with E-state index in [1.807, 2.05) is 30.4 Å². The molecule has 1 aliphatic carbocycles. The molecule has 0 N–H and O–H groups in total. The zero-order chi connectivity index (χ0) is 22.0. The number of methoxy groups -OCH3 is 1. The lowest BCUT2D eigenvalue weighted by Gasteiger charge is -2.18. The van der Waals surface area contributed by atoms with Crippen LogP contribution in [-0.4, -0.2) is 58.4 Å². The molecule has 9 heteroatoms. The SMILES string of the molecule is COc1cccc(-c2noc(CN(C)C(=O)CCN3C(=O)[C@H]4CC=CC[C@H]4C3=O)n2)c1. The van der Waals surface area contributed by atoms with Gasteiger partial charge in [0.2, 0.25) is 29.4 Å². The van der Waals surface area contributed by atoms with Crippen molar-refractivity contribution in [3.8, 4) is 17.1 Å². The summed E-state index contributed by atoms with van der Waals surface area (Å²) in [6.07, 6.45) is 5.12. The summed E-state index contributed by atoms with van der Waals surface area (Å²) in [5, 5.41) is 3.96. The average Bonchev–Trinajstić information content (AvgIpc) is 3.35. The minimum atomic E-state index is -0.279. The number of aromatic nitrogens is 2. The summed E-state index contributed by atoms with van der Waals surface area (Å²) in [6.45, 7) is 0.222. The molecule has 1 aromatic carbocycles. The van der Waals surface area contributed by atoms with E-state index in [4.69, 9.17) is 9.26 Å². The first-order chi connectivity index (χ1) is 15.0. The van der Waals surface area contributed by atoms with Crippen LogP contribution in [0.25, 0.3) is 11.4 Å². The molecule has 0 unspecified atom stereocenters. The van der Waals surface area contributed by atoms with Crippen LogP contribution in [0, 0.1) is 11.8 Å². The molecule has 162 valence electrons.